The van der Waals surface area contributed by atoms with Gasteiger partial charge in [0.05, 0.1) is 18.8 Å². The Hall–Kier alpha value is -2.74. The minimum atomic E-state index is -0.833. The number of hydrogen-bond donors (Lipinski definition) is 3. The molecule has 0 bridgehead atoms. The van der Waals surface area contributed by atoms with Crippen molar-refractivity contribution in [2.75, 3.05) is 13.2 Å². The van der Waals surface area contributed by atoms with Gasteiger partial charge in [-0.1, -0.05) is 145 Å². The Morgan fingerprint density at radius 1 is 0.644 bits per heavy atom. The van der Waals surface area contributed by atoms with Gasteiger partial charge in [-0.15, -0.1) is 0 Å². The smallest absolute Gasteiger partial charge is 0.306 e. The molecule has 0 amide bonds. The summed E-state index contributed by atoms with van der Waals surface area (Å²) in [5.74, 6) is -0.767. The number of aliphatic hydroxyl groups excluding tert-OH is 3. The van der Waals surface area contributed by atoms with E-state index in [9.17, 15) is 24.9 Å². The van der Waals surface area contributed by atoms with Gasteiger partial charge in [0.1, 0.15) is 6.61 Å². The molecule has 0 heterocycles. The van der Waals surface area contributed by atoms with Crippen LogP contribution >= 0.6 is 0 Å². The van der Waals surface area contributed by atoms with E-state index in [1.54, 1.807) is 24.3 Å². The van der Waals surface area contributed by atoms with Crippen LogP contribution in [0.2, 0.25) is 0 Å². The molecule has 0 spiro atoms. The van der Waals surface area contributed by atoms with Gasteiger partial charge in [-0.25, -0.2) is 0 Å². The van der Waals surface area contributed by atoms with Crippen molar-refractivity contribution in [1.29, 1.82) is 0 Å². The highest BCUT2D eigenvalue weighted by molar-refractivity contribution is 5.70. The van der Waals surface area contributed by atoms with E-state index in [0.717, 1.165) is 25.7 Å². The van der Waals surface area contributed by atoms with Gasteiger partial charge in [-0.3, -0.25) is 9.59 Å². The van der Waals surface area contributed by atoms with Crippen LogP contribution in [-0.4, -0.2) is 58.8 Å². The maximum absolute atomic E-state index is 12.1. The Balaban J connectivity index is 3.91. The fourth-order valence-corrected chi connectivity index (χ4v) is 4.28. The molecular weight excluding hydrogens is 568 g/mol. The maximum atomic E-state index is 12.1. The molecule has 0 saturated heterocycles. The highest BCUT2D eigenvalue weighted by atomic mass is 16.6. The fourth-order valence-electron chi connectivity index (χ4n) is 4.28. The zero-order valence-electron chi connectivity index (χ0n) is 28.1. The molecule has 45 heavy (non-hydrogen) atoms. The molecule has 0 rings (SSSR count). The van der Waals surface area contributed by atoms with E-state index in [4.69, 9.17) is 9.47 Å². The van der Waals surface area contributed by atoms with Crippen molar-refractivity contribution in [3.63, 3.8) is 0 Å². The van der Waals surface area contributed by atoms with Crippen LogP contribution in [0.15, 0.2) is 72.9 Å². The summed E-state index contributed by atoms with van der Waals surface area (Å²) in [5, 5.41) is 29.3. The summed E-state index contributed by atoms with van der Waals surface area (Å²) in [7, 11) is 0. The van der Waals surface area contributed by atoms with E-state index in [0.29, 0.717) is 32.1 Å². The molecule has 256 valence electrons. The predicted molar refractivity (Wildman–Crippen MR) is 185 cm³/mol. The molecule has 0 aromatic carbocycles. The normalized spacial score (nSPS) is 14.5. The average Bonchev–Trinajstić information content (AvgIpc) is 3.03. The van der Waals surface area contributed by atoms with Crippen LogP contribution in [0.5, 0.6) is 0 Å². The van der Waals surface area contributed by atoms with E-state index >= 15 is 0 Å². The number of ether oxygens (including phenoxy) is 2. The van der Waals surface area contributed by atoms with Gasteiger partial charge < -0.3 is 24.8 Å². The average molecular weight is 631 g/mol. The van der Waals surface area contributed by atoms with Gasteiger partial charge in [0.2, 0.25) is 0 Å². The van der Waals surface area contributed by atoms with E-state index in [-0.39, 0.29) is 25.6 Å². The molecule has 0 unspecified atom stereocenters. The zero-order valence-corrected chi connectivity index (χ0v) is 28.1. The van der Waals surface area contributed by atoms with E-state index in [2.05, 4.69) is 13.8 Å². The summed E-state index contributed by atoms with van der Waals surface area (Å²) in [5.41, 5.74) is 0. The second-order valence-corrected chi connectivity index (χ2v) is 11.3. The Morgan fingerprint density at radius 2 is 1.20 bits per heavy atom. The third-order valence-electron chi connectivity index (χ3n) is 6.94. The lowest BCUT2D eigenvalue weighted by molar-refractivity contribution is -0.161. The van der Waals surface area contributed by atoms with Crippen molar-refractivity contribution in [1.82, 2.24) is 0 Å². The highest BCUT2D eigenvalue weighted by Gasteiger charge is 2.15. The van der Waals surface area contributed by atoms with Crippen molar-refractivity contribution >= 4 is 11.9 Å². The van der Waals surface area contributed by atoms with Crippen LogP contribution in [0.3, 0.4) is 0 Å². The number of aliphatic hydroxyl groups is 3. The molecule has 0 aromatic heterocycles. The van der Waals surface area contributed by atoms with E-state index in [1.165, 1.54) is 44.9 Å². The van der Waals surface area contributed by atoms with E-state index in [1.807, 2.05) is 48.6 Å². The third-order valence-corrected chi connectivity index (χ3v) is 6.94. The van der Waals surface area contributed by atoms with Gasteiger partial charge in [0.15, 0.2) is 6.10 Å². The Morgan fingerprint density at radius 3 is 1.78 bits per heavy atom. The predicted octanol–water partition coefficient (Wildman–Crippen LogP) is 8.16. The first-order chi connectivity index (χ1) is 21.9. The SMILES string of the molecule is CC/C=C\C[C@@H](O)/C=C/C=C\C=C\[C@@H](O)C/C=C\C/C=C\CCC(=O)OC[C@H](CO)OC(=O)CCCCCCCCCCCC. The molecule has 3 N–H and O–H groups in total. The first-order valence-corrected chi connectivity index (χ1v) is 17.2. The number of rotatable bonds is 29. The van der Waals surface area contributed by atoms with E-state index < -0.39 is 24.3 Å². The van der Waals surface area contributed by atoms with Crippen molar-refractivity contribution in [2.24, 2.45) is 0 Å². The van der Waals surface area contributed by atoms with Crippen LogP contribution < -0.4 is 0 Å². The molecule has 0 saturated carbocycles. The van der Waals surface area contributed by atoms with Crippen LogP contribution in [0.4, 0.5) is 0 Å². The Bertz CT molecular complexity index is 885. The topological polar surface area (TPSA) is 113 Å². The largest absolute Gasteiger partial charge is 0.462 e. The molecular formula is C38H62O7. The molecule has 3 atom stereocenters. The molecule has 0 aliphatic carbocycles. The lowest BCUT2D eigenvalue weighted by Crippen LogP contribution is -2.28. The number of unbranched alkanes of at least 4 members (excludes halogenated alkanes) is 9. The Kier molecular flexibility index (Phi) is 30.7. The standard InChI is InChI=1S/C38H62O7/c1-3-5-7-8-9-10-11-12-17-25-31-38(43)45-36(32-39)33-44-37(42)30-24-16-14-13-15-21-27-35(41)29-23-19-18-22-28-34(40)26-20-6-4-2/h6,14-16,18-23,28-29,34-36,39-41H,3-5,7-13,17,24-27,30-33H2,1-2H3/b16-14-,19-18-,20-6-,21-15-,28-22+,29-23+/t34-,35+,36+/m1/s1. The minimum absolute atomic E-state index is 0.144. The maximum Gasteiger partial charge on any atom is 0.306 e. The fraction of sp³-hybridized carbons (Fsp3) is 0.632. The molecule has 0 fully saturated rings. The van der Waals surface area contributed by atoms with Gasteiger partial charge >= 0.3 is 11.9 Å². The summed E-state index contributed by atoms with van der Waals surface area (Å²) in [6.07, 6.45) is 36.1. The van der Waals surface area contributed by atoms with Crippen molar-refractivity contribution in [2.45, 2.75) is 141 Å². The molecule has 0 aliphatic heterocycles. The summed E-state index contributed by atoms with van der Waals surface area (Å²) >= 11 is 0. The summed E-state index contributed by atoms with van der Waals surface area (Å²) in [6.45, 7) is 3.75. The van der Waals surface area contributed by atoms with Crippen LogP contribution in [0.1, 0.15) is 123 Å². The van der Waals surface area contributed by atoms with Crippen molar-refractivity contribution < 1.29 is 34.4 Å². The quantitative estimate of drug-likeness (QED) is 0.0331. The zero-order chi connectivity index (χ0) is 33.2. The second-order valence-electron chi connectivity index (χ2n) is 11.3. The summed E-state index contributed by atoms with van der Waals surface area (Å²) < 4.78 is 10.4. The third kappa shape index (κ3) is 31.0. The highest BCUT2D eigenvalue weighted by Crippen LogP contribution is 2.12. The van der Waals surface area contributed by atoms with Crippen LogP contribution in [-0.2, 0) is 19.1 Å². The van der Waals surface area contributed by atoms with Gasteiger partial charge in [0.25, 0.3) is 0 Å². The van der Waals surface area contributed by atoms with Crippen LogP contribution in [0.25, 0.3) is 0 Å². The lowest BCUT2D eigenvalue weighted by atomic mass is 10.1. The van der Waals surface area contributed by atoms with Gasteiger partial charge in [-0.05, 0) is 38.5 Å². The van der Waals surface area contributed by atoms with Gasteiger partial charge in [0, 0.05) is 12.8 Å². The Labute approximate surface area is 273 Å². The monoisotopic (exact) mass is 630 g/mol. The first-order valence-electron chi connectivity index (χ1n) is 17.2. The number of allylic oxidation sites excluding steroid dienone is 8. The molecule has 0 radical (unpaired) electrons. The lowest BCUT2D eigenvalue weighted by Gasteiger charge is -2.15. The van der Waals surface area contributed by atoms with Crippen molar-refractivity contribution in [3.05, 3.63) is 72.9 Å². The van der Waals surface area contributed by atoms with Gasteiger partial charge in [-0.2, -0.15) is 0 Å². The number of hydrogen-bond acceptors (Lipinski definition) is 7. The number of esters is 2. The molecule has 0 aliphatic rings. The molecule has 7 nitrogen and oxygen atoms in total. The molecule has 0 aromatic rings. The second kappa shape index (κ2) is 32.6. The minimum Gasteiger partial charge on any atom is -0.462 e. The first kappa shape index (κ1) is 42.3. The van der Waals surface area contributed by atoms with Crippen molar-refractivity contribution in [3.8, 4) is 0 Å². The number of carbonyl (C=O) groups is 2. The van der Waals surface area contributed by atoms with Crippen LogP contribution in [0, 0.1) is 0 Å². The molecule has 7 heteroatoms. The summed E-state index contributed by atoms with van der Waals surface area (Å²) in [4.78, 5) is 24.1. The summed E-state index contributed by atoms with van der Waals surface area (Å²) in [6, 6.07) is 0. The number of carbonyl (C=O) groups excluding carboxylic acids is 2.